The predicted molar refractivity (Wildman–Crippen MR) is 29.9 cm³/mol. The Bertz CT molecular complexity index is 180. The first-order valence-corrected chi connectivity index (χ1v) is 2.54. The van der Waals surface area contributed by atoms with Gasteiger partial charge in [0.2, 0.25) is 0 Å². The van der Waals surface area contributed by atoms with Crippen molar-refractivity contribution in [3.05, 3.63) is 35.5 Å². The van der Waals surface area contributed by atoms with Gasteiger partial charge in [-0.1, -0.05) is 24.3 Å². The molecule has 0 bridgehead atoms. The van der Waals surface area contributed by atoms with Gasteiger partial charge in [0, 0.05) is 0 Å². The van der Waals surface area contributed by atoms with Gasteiger partial charge in [0.15, 0.2) is 0 Å². The Morgan fingerprint density at radius 2 is 2.43 bits per heavy atom. The largest absolute Gasteiger partial charge is 0.0801 e. The second-order valence-corrected chi connectivity index (χ2v) is 1.92. The number of fused-ring (bicyclic) bond motifs is 1. The van der Waals surface area contributed by atoms with E-state index in [-0.39, 0.29) is 0 Å². The summed E-state index contributed by atoms with van der Waals surface area (Å²) in [6.07, 6.45) is 9.84. The number of allylic oxidation sites excluding steroid dienone is 6. The van der Waals surface area contributed by atoms with Gasteiger partial charge in [-0.15, -0.1) is 0 Å². The number of hydrogen-bond acceptors (Lipinski definition) is 0. The molecule has 0 atom stereocenters. The van der Waals surface area contributed by atoms with E-state index in [1.807, 2.05) is 0 Å². The smallest absolute Gasteiger partial charge is 0.00882 e. The van der Waals surface area contributed by atoms with Crippen molar-refractivity contribution in [2.75, 3.05) is 0 Å². The van der Waals surface area contributed by atoms with E-state index in [0.29, 0.717) is 0 Å². The molecule has 0 aromatic rings. The molecule has 34 valence electrons. The van der Waals surface area contributed by atoms with Crippen molar-refractivity contribution in [3.8, 4) is 0 Å². The van der Waals surface area contributed by atoms with E-state index in [4.69, 9.17) is 0 Å². The zero-order chi connectivity index (χ0) is 4.69. The van der Waals surface area contributed by atoms with E-state index in [2.05, 4.69) is 24.3 Å². The topological polar surface area (TPSA) is 0 Å². The van der Waals surface area contributed by atoms with Crippen LogP contribution in [0.15, 0.2) is 35.5 Å². The summed E-state index contributed by atoms with van der Waals surface area (Å²) in [6, 6.07) is 0. The van der Waals surface area contributed by atoms with Gasteiger partial charge >= 0.3 is 0 Å². The standard InChI is InChI=1S/C7H6/c1-2-4-7-5-6(7)3-1/h1-3,5H,4H2. The number of hydrogen-bond donors (Lipinski definition) is 0. The average molecular weight is 90.1 g/mol. The van der Waals surface area contributed by atoms with Crippen LogP contribution in [0.1, 0.15) is 6.42 Å². The summed E-state index contributed by atoms with van der Waals surface area (Å²) in [5, 5.41) is 0. The lowest BCUT2D eigenvalue weighted by molar-refractivity contribution is 1.32. The van der Waals surface area contributed by atoms with Gasteiger partial charge < -0.3 is 0 Å². The molecule has 0 amide bonds. The lowest BCUT2D eigenvalue weighted by Gasteiger charge is -1.87. The first kappa shape index (κ1) is 3.25. The highest BCUT2D eigenvalue weighted by atomic mass is 14.2. The Hall–Kier alpha value is -0.780. The molecule has 0 saturated heterocycles. The van der Waals surface area contributed by atoms with Crippen molar-refractivity contribution in [2.45, 2.75) is 6.42 Å². The fourth-order valence-electron chi connectivity index (χ4n) is 0.850. The summed E-state index contributed by atoms with van der Waals surface area (Å²) in [7, 11) is 0. The molecule has 0 fully saturated rings. The molecule has 0 heteroatoms. The van der Waals surface area contributed by atoms with Crippen molar-refractivity contribution in [1.82, 2.24) is 0 Å². The summed E-state index contributed by atoms with van der Waals surface area (Å²) in [5.41, 5.74) is 2.99. The Labute approximate surface area is 42.8 Å². The molecule has 0 saturated carbocycles. The van der Waals surface area contributed by atoms with E-state index >= 15 is 0 Å². The maximum atomic E-state index is 2.22. The van der Waals surface area contributed by atoms with Crippen molar-refractivity contribution in [2.24, 2.45) is 0 Å². The van der Waals surface area contributed by atoms with Gasteiger partial charge in [-0.05, 0) is 17.6 Å². The van der Waals surface area contributed by atoms with E-state index in [0.717, 1.165) is 0 Å². The summed E-state index contributed by atoms with van der Waals surface area (Å²) in [4.78, 5) is 0. The van der Waals surface area contributed by atoms with Crippen LogP contribution in [-0.4, -0.2) is 0 Å². The molecule has 0 radical (unpaired) electrons. The van der Waals surface area contributed by atoms with Gasteiger partial charge in [0.1, 0.15) is 0 Å². The fraction of sp³-hybridized carbons (Fsp3) is 0.143. The van der Waals surface area contributed by atoms with Gasteiger partial charge in [-0.25, -0.2) is 0 Å². The van der Waals surface area contributed by atoms with E-state index in [1.54, 1.807) is 0 Å². The van der Waals surface area contributed by atoms with Gasteiger partial charge in [-0.3, -0.25) is 0 Å². The molecule has 7 heavy (non-hydrogen) atoms. The highest BCUT2D eigenvalue weighted by Crippen LogP contribution is 2.33. The zero-order valence-electron chi connectivity index (χ0n) is 4.02. The molecular weight excluding hydrogens is 84.1 g/mol. The molecule has 0 unspecified atom stereocenters. The molecule has 0 aromatic heterocycles. The third-order valence-electron chi connectivity index (χ3n) is 1.37. The van der Waals surface area contributed by atoms with Gasteiger partial charge in [0.05, 0.1) is 0 Å². The second-order valence-electron chi connectivity index (χ2n) is 1.92. The highest BCUT2D eigenvalue weighted by molar-refractivity contribution is 5.61. The van der Waals surface area contributed by atoms with E-state index in [9.17, 15) is 0 Å². The lowest BCUT2D eigenvalue weighted by Crippen LogP contribution is -1.67. The molecule has 0 aromatic carbocycles. The van der Waals surface area contributed by atoms with Crippen LogP contribution < -0.4 is 0 Å². The molecular formula is C7H6. The van der Waals surface area contributed by atoms with Crippen LogP contribution in [0.2, 0.25) is 0 Å². The highest BCUT2D eigenvalue weighted by Gasteiger charge is 2.14. The fourth-order valence-corrected chi connectivity index (χ4v) is 0.850. The van der Waals surface area contributed by atoms with Crippen LogP contribution in [-0.2, 0) is 0 Å². The summed E-state index contributed by atoms with van der Waals surface area (Å²) < 4.78 is 0. The SMILES string of the molecule is C1=CCC2=CC2=C1. The summed E-state index contributed by atoms with van der Waals surface area (Å²) >= 11 is 0. The molecule has 0 N–H and O–H groups in total. The minimum Gasteiger partial charge on any atom is -0.0801 e. The normalized spacial score (nSPS) is 22.9. The Balaban J connectivity index is 2.40. The molecule has 2 aliphatic rings. The van der Waals surface area contributed by atoms with Crippen LogP contribution in [0, 0.1) is 0 Å². The molecule has 0 spiro atoms. The van der Waals surface area contributed by atoms with Crippen LogP contribution in [0.5, 0.6) is 0 Å². The van der Waals surface area contributed by atoms with E-state index in [1.165, 1.54) is 17.6 Å². The zero-order valence-corrected chi connectivity index (χ0v) is 4.02. The van der Waals surface area contributed by atoms with Crippen LogP contribution in [0.4, 0.5) is 0 Å². The minimum absolute atomic E-state index is 1.17. The first-order chi connectivity index (χ1) is 3.47. The maximum Gasteiger partial charge on any atom is -0.00882 e. The third-order valence-corrected chi connectivity index (χ3v) is 1.37. The third kappa shape index (κ3) is 0.362. The second kappa shape index (κ2) is 0.890. The first-order valence-electron chi connectivity index (χ1n) is 2.54. The molecule has 0 aliphatic heterocycles. The van der Waals surface area contributed by atoms with Crippen LogP contribution in [0.3, 0.4) is 0 Å². The number of rotatable bonds is 0. The van der Waals surface area contributed by atoms with Crippen molar-refractivity contribution >= 4 is 0 Å². The van der Waals surface area contributed by atoms with Gasteiger partial charge in [0.25, 0.3) is 0 Å². The molecule has 2 aliphatic carbocycles. The summed E-state index contributed by atoms with van der Waals surface area (Å²) in [6.45, 7) is 0. The quantitative estimate of drug-likeness (QED) is 0.425. The minimum atomic E-state index is 1.17. The average Bonchev–Trinajstić information content (AvgIpc) is 2.41. The van der Waals surface area contributed by atoms with Crippen molar-refractivity contribution < 1.29 is 0 Å². The van der Waals surface area contributed by atoms with E-state index < -0.39 is 0 Å². The summed E-state index contributed by atoms with van der Waals surface area (Å²) in [5.74, 6) is 0. The molecule has 0 nitrogen and oxygen atoms in total. The van der Waals surface area contributed by atoms with Crippen molar-refractivity contribution in [3.63, 3.8) is 0 Å². The maximum absolute atomic E-state index is 2.22. The Kier molecular flexibility index (Phi) is 0.413. The lowest BCUT2D eigenvalue weighted by atomic mass is 10.2. The van der Waals surface area contributed by atoms with Crippen molar-refractivity contribution in [1.29, 1.82) is 0 Å². The molecule has 0 heterocycles. The Morgan fingerprint density at radius 3 is 3.00 bits per heavy atom. The van der Waals surface area contributed by atoms with Gasteiger partial charge in [-0.2, -0.15) is 0 Å². The Morgan fingerprint density at radius 1 is 1.43 bits per heavy atom. The predicted octanol–water partition coefficient (Wildman–Crippen LogP) is 1.81. The van der Waals surface area contributed by atoms with Crippen LogP contribution in [0.25, 0.3) is 0 Å². The van der Waals surface area contributed by atoms with Crippen LogP contribution >= 0.6 is 0 Å². The monoisotopic (exact) mass is 90.0 g/mol. The molecule has 2 rings (SSSR count).